The molecule has 0 aliphatic rings. The van der Waals surface area contributed by atoms with Gasteiger partial charge in [0.1, 0.15) is 0 Å². The normalized spacial score (nSPS) is 11.1. The van der Waals surface area contributed by atoms with Crippen LogP contribution in [0.4, 0.5) is 17.1 Å². The van der Waals surface area contributed by atoms with Crippen molar-refractivity contribution in [3.63, 3.8) is 0 Å². The number of rotatable bonds is 6. The average molecular weight is 383 g/mol. The highest BCUT2D eigenvalue weighted by Crippen LogP contribution is 2.15. The Balaban J connectivity index is 1.95. The van der Waals surface area contributed by atoms with Gasteiger partial charge >= 0.3 is 5.97 Å². The summed E-state index contributed by atoms with van der Waals surface area (Å²) in [6.45, 7) is 4.22. The zero-order valence-corrected chi connectivity index (χ0v) is 15.7. The predicted molar refractivity (Wildman–Crippen MR) is 105 cm³/mol. The third-order valence-corrected chi connectivity index (χ3v) is 3.54. The molecule has 146 valence electrons. The topological polar surface area (TPSA) is 114 Å². The molecule has 0 bridgehead atoms. The van der Waals surface area contributed by atoms with E-state index in [0.29, 0.717) is 17.1 Å². The van der Waals surface area contributed by atoms with E-state index in [1.807, 2.05) is 0 Å². The van der Waals surface area contributed by atoms with Crippen molar-refractivity contribution in [2.75, 3.05) is 16.0 Å². The number of hydrogen-bond donors (Lipinski definition) is 3. The lowest BCUT2D eigenvalue weighted by molar-refractivity contribution is -0.123. The van der Waals surface area contributed by atoms with E-state index in [9.17, 15) is 19.2 Å². The highest BCUT2D eigenvalue weighted by molar-refractivity contribution is 5.98. The molecular weight excluding hydrogens is 362 g/mol. The van der Waals surface area contributed by atoms with E-state index < -0.39 is 18.0 Å². The lowest BCUT2D eigenvalue weighted by Crippen LogP contribution is -2.30. The lowest BCUT2D eigenvalue weighted by atomic mass is 10.2. The first-order valence-electron chi connectivity index (χ1n) is 8.52. The van der Waals surface area contributed by atoms with E-state index in [2.05, 4.69) is 16.0 Å². The summed E-state index contributed by atoms with van der Waals surface area (Å²) >= 11 is 0. The van der Waals surface area contributed by atoms with Crippen LogP contribution >= 0.6 is 0 Å². The molecular formula is C20H21N3O5. The van der Waals surface area contributed by atoms with E-state index in [1.165, 1.54) is 32.9 Å². The zero-order chi connectivity index (χ0) is 20.7. The highest BCUT2D eigenvalue weighted by Gasteiger charge is 2.19. The second kappa shape index (κ2) is 9.31. The summed E-state index contributed by atoms with van der Waals surface area (Å²) in [4.78, 5) is 46.6. The van der Waals surface area contributed by atoms with E-state index in [1.54, 1.807) is 36.4 Å². The fraction of sp³-hybridized carbons (Fsp3) is 0.200. The summed E-state index contributed by atoms with van der Waals surface area (Å²) in [5, 5.41) is 7.82. The first kappa shape index (κ1) is 20.6. The van der Waals surface area contributed by atoms with Crippen molar-refractivity contribution < 1.29 is 23.9 Å². The van der Waals surface area contributed by atoms with Gasteiger partial charge in [0.05, 0.1) is 5.56 Å². The fourth-order valence-electron chi connectivity index (χ4n) is 2.29. The van der Waals surface area contributed by atoms with Gasteiger partial charge in [-0.2, -0.15) is 0 Å². The van der Waals surface area contributed by atoms with Crippen LogP contribution in [0.3, 0.4) is 0 Å². The van der Waals surface area contributed by atoms with E-state index >= 15 is 0 Å². The van der Waals surface area contributed by atoms with Gasteiger partial charge in [0.25, 0.3) is 5.91 Å². The smallest absolute Gasteiger partial charge is 0.338 e. The SMILES string of the molecule is CC(=O)Nc1ccc(NC(=O)C(C)OC(=O)c2cccc(NC(C)=O)c2)cc1. The number of benzene rings is 2. The summed E-state index contributed by atoms with van der Waals surface area (Å²) in [7, 11) is 0. The van der Waals surface area contributed by atoms with Crippen molar-refractivity contribution in [3.8, 4) is 0 Å². The number of ether oxygens (including phenoxy) is 1. The largest absolute Gasteiger partial charge is 0.449 e. The van der Waals surface area contributed by atoms with Crippen molar-refractivity contribution in [1.29, 1.82) is 0 Å². The van der Waals surface area contributed by atoms with Gasteiger partial charge in [0.15, 0.2) is 6.10 Å². The molecule has 8 nitrogen and oxygen atoms in total. The second-order valence-electron chi connectivity index (χ2n) is 6.06. The standard InChI is InChI=1S/C20H21N3O5/c1-12(19(26)23-17-9-7-16(8-10-17)21-13(2)24)28-20(27)15-5-4-6-18(11-15)22-14(3)25/h4-12H,1-3H3,(H,21,24)(H,22,25)(H,23,26). The van der Waals surface area contributed by atoms with Gasteiger partial charge in [-0.15, -0.1) is 0 Å². The quantitative estimate of drug-likeness (QED) is 0.664. The number of amides is 3. The number of esters is 1. The molecule has 0 radical (unpaired) electrons. The Morgan fingerprint density at radius 2 is 1.32 bits per heavy atom. The fourth-order valence-corrected chi connectivity index (χ4v) is 2.29. The molecule has 0 spiro atoms. The molecule has 0 aliphatic heterocycles. The van der Waals surface area contributed by atoms with Crippen LogP contribution in [-0.2, 0) is 19.1 Å². The van der Waals surface area contributed by atoms with Crippen molar-refractivity contribution in [1.82, 2.24) is 0 Å². The molecule has 0 saturated carbocycles. The van der Waals surface area contributed by atoms with Crippen LogP contribution in [0.15, 0.2) is 48.5 Å². The van der Waals surface area contributed by atoms with E-state index in [4.69, 9.17) is 4.74 Å². The molecule has 0 aliphatic carbocycles. The molecule has 0 fully saturated rings. The number of nitrogens with one attached hydrogen (secondary N) is 3. The maximum Gasteiger partial charge on any atom is 0.338 e. The monoisotopic (exact) mass is 383 g/mol. The third kappa shape index (κ3) is 6.24. The van der Waals surface area contributed by atoms with E-state index in [-0.39, 0.29) is 17.4 Å². The van der Waals surface area contributed by atoms with Crippen molar-refractivity contribution in [2.24, 2.45) is 0 Å². The zero-order valence-electron chi connectivity index (χ0n) is 15.7. The first-order chi connectivity index (χ1) is 13.2. The molecule has 1 atom stereocenters. The molecule has 28 heavy (non-hydrogen) atoms. The van der Waals surface area contributed by atoms with Gasteiger partial charge in [-0.1, -0.05) is 6.07 Å². The number of anilines is 3. The average Bonchev–Trinajstić information content (AvgIpc) is 2.62. The van der Waals surface area contributed by atoms with Gasteiger partial charge in [-0.25, -0.2) is 4.79 Å². The van der Waals surface area contributed by atoms with Gasteiger partial charge in [0.2, 0.25) is 11.8 Å². The van der Waals surface area contributed by atoms with Crippen molar-refractivity contribution in [2.45, 2.75) is 26.9 Å². The Hall–Kier alpha value is -3.68. The van der Waals surface area contributed by atoms with E-state index in [0.717, 1.165) is 0 Å². The Kier molecular flexibility index (Phi) is 6.86. The van der Waals surface area contributed by atoms with Crippen LogP contribution in [0.1, 0.15) is 31.1 Å². The second-order valence-corrected chi connectivity index (χ2v) is 6.06. The summed E-state index contributed by atoms with van der Waals surface area (Å²) in [6.07, 6.45) is -1.04. The van der Waals surface area contributed by atoms with Crippen LogP contribution in [0.2, 0.25) is 0 Å². The molecule has 2 rings (SSSR count). The van der Waals surface area contributed by atoms with Crippen LogP contribution in [0.5, 0.6) is 0 Å². The lowest BCUT2D eigenvalue weighted by Gasteiger charge is -2.14. The Labute approximate surface area is 162 Å². The first-order valence-corrected chi connectivity index (χ1v) is 8.52. The maximum absolute atomic E-state index is 12.2. The Bertz CT molecular complexity index is 893. The number of carbonyl (C=O) groups excluding carboxylic acids is 4. The molecule has 0 saturated heterocycles. The van der Waals surface area contributed by atoms with Gasteiger partial charge in [-0.3, -0.25) is 14.4 Å². The van der Waals surface area contributed by atoms with Crippen LogP contribution < -0.4 is 16.0 Å². The molecule has 1 unspecified atom stereocenters. The van der Waals surface area contributed by atoms with Gasteiger partial charge in [-0.05, 0) is 49.4 Å². The Morgan fingerprint density at radius 1 is 0.786 bits per heavy atom. The molecule has 0 aromatic heterocycles. The van der Waals surface area contributed by atoms with Crippen LogP contribution in [0.25, 0.3) is 0 Å². The Morgan fingerprint density at radius 3 is 1.89 bits per heavy atom. The molecule has 0 heterocycles. The number of carbonyl (C=O) groups is 4. The minimum absolute atomic E-state index is 0.195. The summed E-state index contributed by atoms with van der Waals surface area (Å²) in [5.41, 5.74) is 1.77. The molecule has 8 heteroatoms. The third-order valence-electron chi connectivity index (χ3n) is 3.54. The van der Waals surface area contributed by atoms with Crippen LogP contribution in [-0.4, -0.2) is 29.8 Å². The van der Waals surface area contributed by atoms with Crippen LogP contribution in [0, 0.1) is 0 Å². The minimum Gasteiger partial charge on any atom is -0.449 e. The van der Waals surface area contributed by atoms with Crippen molar-refractivity contribution in [3.05, 3.63) is 54.1 Å². The van der Waals surface area contributed by atoms with Gasteiger partial charge in [0, 0.05) is 30.9 Å². The summed E-state index contributed by atoms with van der Waals surface area (Å²) in [5.74, 6) is -1.64. The highest BCUT2D eigenvalue weighted by atomic mass is 16.5. The summed E-state index contributed by atoms with van der Waals surface area (Å²) < 4.78 is 5.19. The van der Waals surface area contributed by atoms with Gasteiger partial charge < -0.3 is 20.7 Å². The number of hydrogen-bond acceptors (Lipinski definition) is 5. The summed E-state index contributed by atoms with van der Waals surface area (Å²) in [6, 6.07) is 12.8. The minimum atomic E-state index is -1.04. The molecule has 3 amide bonds. The maximum atomic E-state index is 12.2. The van der Waals surface area contributed by atoms with Crippen molar-refractivity contribution >= 4 is 40.8 Å². The molecule has 2 aromatic rings. The molecule has 2 aromatic carbocycles. The predicted octanol–water partition coefficient (Wildman–Crippen LogP) is 2.79. The molecule has 3 N–H and O–H groups in total.